The minimum Gasteiger partial charge on any atom is -0.481 e. The summed E-state index contributed by atoms with van der Waals surface area (Å²) in [6.07, 6.45) is 0.161. The Hall–Kier alpha value is -3.02. The summed E-state index contributed by atoms with van der Waals surface area (Å²) in [4.78, 5) is 39.8. The summed E-state index contributed by atoms with van der Waals surface area (Å²) < 4.78 is 0. The van der Waals surface area contributed by atoms with E-state index in [9.17, 15) is 19.2 Å². The molecule has 11 heteroatoms. The molecular weight excluding hydrogens is 374 g/mol. The maximum atomic E-state index is 10.4. The SMILES string of the molecule is C[C@@H](N)C(=O)O.N[C@H](CCC(=O)O)C(=O)O.N[C@H](Cc1ccccc1)C(=O)O. The highest BCUT2D eigenvalue weighted by Gasteiger charge is 2.12. The number of carboxylic acid groups (broad SMARTS) is 4. The standard InChI is InChI=1S/C9H11NO2.C5H9NO4.C3H7NO2/c10-8(9(11)12)6-7-4-2-1-3-5-7;6-3(5(9)10)1-2-4(7)8;1-2(4)3(5)6/h1-5,8H,6,10H2,(H,11,12);3H,1-2,6H2,(H,7,8)(H,9,10);2H,4H2,1H3,(H,5,6)/t8-;3-;2-/m111/s1. The van der Waals surface area contributed by atoms with Gasteiger partial charge in [0.2, 0.25) is 0 Å². The first-order valence-electron chi connectivity index (χ1n) is 8.09. The lowest BCUT2D eigenvalue weighted by Gasteiger charge is -2.04. The number of carbonyl (C=O) groups is 4. The molecule has 0 aliphatic rings. The Balaban J connectivity index is 0. The van der Waals surface area contributed by atoms with Gasteiger partial charge >= 0.3 is 23.9 Å². The van der Waals surface area contributed by atoms with Crippen LogP contribution in [0.15, 0.2) is 30.3 Å². The molecule has 0 heterocycles. The fraction of sp³-hybridized carbons (Fsp3) is 0.412. The monoisotopic (exact) mass is 401 g/mol. The molecule has 0 aliphatic carbocycles. The van der Waals surface area contributed by atoms with Crippen LogP contribution in [0.3, 0.4) is 0 Å². The van der Waals surface area contributed by atoms with Gasteiger partial charge in [0.15, 0.2) is 0 Å². The zero-order valence-electron chi connectivity index (χ0n) is 15.4. The lowest BCUT2D eigenvalue weighted by atomic mass is 10.1. The van der Waals surface area contributed by atoms with Crippen LogP contribution >= 0.6 is 0 Å². The van der Waals surface area contributed by atoms with Gasteiger partial charge in [-0.05, 0) is 25.3 Å². The van der Waals surface area contributed by atoms with E-state index in [4.69, 9.17) is 37.6 Å². The minimum absolute atomic E-state index is 0.0231. The van der Waals surface area contributed by atoms with Gasteiger partial charge in [0.25, 0.3) is 0 Å². The highest BCUT2D eigenvalue weighted by atomic mass is 16.4. The molecule has 1 rings (SSSR count). The van der Waals surface area contributed by atoms with Crippen LogP contribution in [0.5, 0.6) is 0 Å². The summed E-state index contributed by atoms with van der Waals surface area (Å²) in [5, 5.41) is 32.7. The van der Waals surface area contributed by atoms with Gasteiger partial charge in [0.1, 0.15) is 18.1 Å². The molecule has 0 saturated heterocycles. The van der Waals surface area contributed by atoms with Crippen molar-refractivity contribution < 1.29 is 39.6 Å². The first-order chi connectivity index (χ1) is 12.9. The summed E-state index contributed by atoms with van der Waals surface area (Å²) in [6, 6.07) is 6.75. The van der Waals surface area contributed by atoms with Gasteiger partial charge in [0.05, 0.1) is 0 Å². The zero-order valence-corrected chi connectivity index (χ0v) is 15.4. The first-order valence-corrected chi connectivity index (χ1v) is 8.09. The largest absolute Gasteiger partial charge is 0.481 e. The Morgan fingerprint density at radius 1 is 0.821 bits per heavy atom. The normalized spacial score (nSPS) is 12.7. The fourth-order valence-corrected chi connectivity index (χ4v) is 1.36. The second-order valence-electron chi connectivity index (χ2n) is 5.64. The number of hydrogen-bond acceptors (Lipinski definition) is 7. The van der Waals surface area contributed by atoms with Crippen LogP contribution in [0.4, 0.5) is 0 Å². The van der Waals surface area contributed by atoms with E-state index in [1.54, 1.807) is 0 Å². The second kappa shape index (κ2) is 15.1. The number of aliphatic carboxylic acids is 4. The third kappa shape index (κ3) is 16.4. The van der Waals surface area contributed by atoms with Crippen LogP contribution in [0.1, 0.15) is 25.3 Å². The van der Waals surface area contributed by atoms with Crippen LogP contribution in [0, 0.1) is 0 Å². The Morgan fingerprint density at radius 3 is 1.57 bits per heavy atom. The van der Waals surface area contributed by atoms with Crippen LogP contribution in [-0.2, 0) is 25.6 Å². The molecule has 0 fully saturated rings. The van der Waals surface area contributed by atoms with Crippen LogP contribution in [-0.4, -0.2) is 62.4 Å². The predicted molar refractivity (Wildman–Crippen MR) is 99.5 cm³/mol. The summed E-state index contributed by atoms with van der Waals surface area (Å²) in [6.45, 7) is 1.42. The number of hydrogen-bond donors (Lipinski definition) is 7. The maximum absolute atomic E-state index is 10.4. The quantitative estimate of drug-likeness (QED) is 0.288. The van der Waals surface area contributed by atoms with E-state index >= 15 is 0 Å². The molecule has 28 heavy (non-hydrogen) atoms. The van der Waals surface area contributed by atoms with Crippen molar-refractivity contribution in [1.82, 2.24) is 0 Å². The second-order valence-corrected chi connectivity index (χ2v) is 5.64. The molecular formula is C17H27N3O8. The number of benzene rings is 1. The van der Waals surface area contributed by atoms with E-state index in [2.05, 4.69) is 0 Å². The number of nitrogens with two attached hydrogens (primary N) is 3. The Bertz CT molecular complexity index is 622. The minimum atomic E-state index is -1.17. The first kappa shape index (κ1) is 27.2. The molecule has 11 nitrogen and oxygen atoms in total. The zero-order chi connectivity index (χ0) is 22.3. The molecule has 0 saturated carbocycles. The van der Waals surface area contributed by atoms with Gasteiger partial charge in [-0.1, -0.05) is 30.3 Å². The summed E-state index contributed by atoms with van der Waals surface area (Å²) in [5.41, 5.74) is 16.1. The maximum Gasteiger partial charge on any atom is 0.320 e. The van der Waals surface area contributed by atoms with Gasteiger partial charge in [-0.3, -0.25) is 19.2 Å². The van der Waals surface area contributed by atoms with Gasteiger partial charge in [-0.15, -0.1) is 0 Å². The summed E-state index contributed by atoms with van der Waals surface area (Å²) in [7, 11) is 0. The third-order valence-corrected chi connectivity index (χ3v) is 2.99. The molecule has 1 aromatic rings. The van der Waals surface area contributed by atoms with Crippen LogP contribution in [0.2, 0.25) is 0 Å². The molecule has 0 bridgehead atoms. The van der Waals surface area contributed by atoms with Crippen molar-refractivity contribution >= 4 is 23.9 Å². The van der Waals surface area contributed by atoms with E-state index in [-0.39, 0.29) is 12.8 Å². The Morgan fingerprint density at radius 2 is 1.25 bits per heavy atom. The lowest BCUT2D eigenvalue weighted by molar-refractivity contribution is -0.140. The van der Waals surface area contributed by atoms with Crippen molar-refractivity contribution in [2.75, 3.05) is 0 Å². The average molecular weight is 401 g/mol. The van der Waals surface area contributed by atoms with Crippen molar-refractivity contribution in [3.05, 3.63) is 35.9 Å². The van der Waals surface area contributed by atoms with Gasteiger partial charge in [-0.25, -0.2) is 0 Å². The van der Waals surface area contributed by atoms with Crippen LogP contribution < -0.4 is 17.2 Å². The summed E-state index contributed by atoms with van der Waals surface area (Å²) >= 11 is 0. The molecule has 0 aliphatic heterocycles. The Labute approximate surface area is 161 Å². The number of carboxylic acids is 4. The van der Waals surface area contributed by atoms with E-state index in [0.29, 0.717) is 6.42 Å². The molecule has 0 amide bonds. The van der Waals surface area contributed by atoms with Gasteiger partial charge in [0, 0.05) is 6.42 Å². The van der Waals surface area contributed by atoms with E-state index in [0.717, 1.165) is 5.56 Å². The van der Waals surface area contributed by atoms with Crippen molar-refractivity contribution in [2.24, 2.45) is 17.2 Å². The molecule has 0 aromatic heterocycles. The molecule has 0 unspecified atom stereocenters. The highest BCUT2D eigenvalue weighted by Crippen LogP contribution is 2.01. The van der Waals surface area contributed by atoms with E-state index in [1.165, 1.54) is 6.92 Å². The van der Waals surface area contributed by atoms with Gasteiger partial charge < -0.3 is 37.6 Å². The number of rotatable bonds is 8. The van der Waals surface area contributed by atoms with E-state index < -0.39 is 42.0 Å². The van der Waals surface area contributed by atoms with Gasteiger partial charge in [-0.2, -0.15) is 0 Å². The molecule has 3 atom stereocenters. The molecule has 0 radical (unpaired) electrons. The lowest BCUT2D eigenvalue weighted by Crippen LogP contribution is -2.32. The molecule has 1 aromatic carbocycles. The van der Waals surface area contributed by atoms with Crippen molar-refractivity contribution in [1.29, 1.82) is 0 Å². The highest BCUT2D eigenvalue weighted by molar-refractivity contribution is 5.74. The summed E-state index contributed by atoms with van der Waals surface area (Å²) in [5.74, 6) is -4.12. The van der Waals surface area contributed by atoms with E-state index in [1.807, 2.05) is 30.3 Å². The Kier molecular flexibility index (Phi) is 14.6. The smallest absolute Gasteiger partial charge is 0.320 e. The molecule has 158 valence electrons. The molecule has 0 spiro atoms. The van der Waals surface area contributed by atoms with Crippen LogP contribution in [0.25, 0.3) is 0 Å². The van der Waals surface area contributed by atoms with Crippen molar-refractivity contribution in [3.8, 4) is 0 Å². The average Bonchev–Trinajstić information content (AvgIpc) is 2.61. The molecule has 10 N–H and O–H groups in total. The fourth-order valence-electron chi connectivity index (χ4n) is 1.36. The van der Waals surface area contributed by atoms with Crippen molar-refractivity contribution in [3.63, 3.8) is 0 Å². The topological polar surface area (TPSA) is 227 Å². The third-order valence-electron chi connectivity index (χ3n) is 2.99. The predicted octanol–water partition coefficient (Wildman–Crippen LogP) is -0.678. The van der Waals surface area contributed by atoms with Crippen molar-refractivity contribution in [2.45, 2.75) is 44.3 Å².